The molecule has 1 unspecified atom stereocenters. The second kappa shape index (κ2) is 22.4. The van der Waals surface area contributed by atoms with Gasteiger partial charge in [0, 0.05) is 59.3 Å². The third-order valence-corrected chi connectivity index (χ3v) is 18.0. The Morgan fingerprint density at radius 3 is 1.36 bits per heavy atom. The fraction of sp³-hybridized carbons (Fsp3) is 0.471. The molecule has 1 fully saturated rings. The summed E-state index contributed by atoms with van der Waals surface area (Å²) in [5, 5.41) is 18.2. The molecule has 76 heavy (non-hydrogen) atoms. The van der Waals surface area contributed by atoms with Crippen LogP contribution in [0.3, 0.4) is 0 Å². The van der Waals surface area contributed by atoms with Crippen LogP contribution < -0.4 is 10.2 Å². The summed E-state index contributed by atoms with van der Waals surface area (Å²) in [4.78, 5) is 67.1. The zero-order valence-electron chi connectivity index (χ0n) is 46.1. The lowest BCUT2D eigenvalue weighted by molar-refractivity contribution is 0.0502. The number of hydrogen-bond donors (Lipinski definition) is 1. The van der Waals surface area contributed by atoms with Crippen molar-refractivity contribution in [2.45, 2.75) is 187 Å². The number of benzene rings is 8. The molecule has 3 aliphatic rings. The van der Waals surface area contributed by atoms with Crippen molar-refractivity contribution in [3.8, 4) is 0 Å². The zero-order chi connectivity index (χ0) is 52.6. The van der Waals surface area contributed by atoms with Gasteiger partial charge in [-0.15, -0.1) is 6.58 Å². The summed E-state index contributed by atoms with van der Waals surface area (Å²) >= 11 is 0. The van der Waals surface area contributed by atoms with Crippen molar-refractivity contribution >= 4 is 110 Å². The average Bonchev–Trinajstić information content (AvgIpc) is 4.08. The topological polar surface area (TPSA) is 90.0 Å². The van der Waals surface area contributed by atoms with E-state index in [9.17, 15) is 0 Å². The van der Waals surface area contributed by atoms with Crippen molar-refractivity contribution in [1.29, 1.82) is 0 Å². The first-order chi connectivity index (χ1) is 37.3. The molecule has 11 rings (SSSR count). The molecule has 0 saturated carbocycles. The van der Waals surface area contributed by atoms with E-state index >= 15 is 19.2 Å². The second-order valence-electron chi connectivity index (χ2n) is 22.9. The van der Waals surface area contributed by atoms with E-state index < -0.39 is 0 Å². The Bertz CT molecular complexity index is 3500. The van der Waals surface area contributed by atoms with Crippen molar-refractivity contribution in [2.24, 2.45) is 0 Å². The first kappa shape index (κ1) is 51.8. The number of fused-ring (bicyclic) bond motifs is 4. The van der Waals surface area contributed by atoms with Gasteiger partial charge in [0.1, 0.15) is 0 Å². The van der Waals surface area contributed by atoms with Gasteiger partial charge in [0.2, 0.25) is 0 Å². The molecule has 8 nitrogen and oxygen atoms in total. The number of allylic oxidation sites excluding steroid dienone is 1. The summed E-state index contributed by atoms with van der Waals surface area (Å²) in [6.45, 7) is 15.3. The van der Waals surface area contributed by atoms with E-state index in [4.69, 9.17) is 0 Å². The van der Waals surface area contributed by atoms with E-state index in [1.807, 2.05) is 18.2 Å². The van der Waals surface area contributed by atoms with E-state index in [0.29, 0.717) is 22.3 Å². The van der Waals surface area contributed by atoms with Gasteiger partial charge in [-0.2, -0.15) is 0 Å². The zero-order valence-corrected chi connectivity index (χ0v) is 46.1. The lowest BCUT2D eigenvalue weighted by Gasteiger charge is -2.37. The van der Waals surface area contributed by atoms with E-state index in [-0.39, 0.29) is 35.7 Å². The molecule has 1 saturated heterocycles. The van der Waals surface area contributed by atoms with Gasteiger partial charge in [0.05, 0.1) is 16.8 Å². The highest BCUT2D eigenvalue weighted by Crippen LogP contribution is 2.53. The van der Waals surface area contributed by atoms with Gasteiger partial charge in [-0.3, -0.25) is 29.0 Å². The Kier molecular flexibility index (Phi) is 15.2. The van der Waals surface area contributed by atoms with Crippen LogP contribution in [0, 0.1) is 0 Å². The summed E-state index contributed by atoms with van der Waals surface area (Å²) in [7, 11) is 0. The van der Waals surface area contributed by atoms with Crippen molar-refractivity contribution in [2.75, 3.05) is 29.9 Å². The molecule has 8 aromatic rings. The number of nitrogens with zero attached hydrogens (tertiary/aromatic N) is 3. The van der Waals surface area contributed by atoms with Gasteiger partial charge >= 0.3 is 0 Å². The molecule has 1 N–H and O–H groups in total. The number of carbonyl (C=O) groups is 4. The third-order valence-electron chi connectivity index (χ3n) is 18.0. The fourth-order valence-corrected chi connectivity index (χ4v) is 14.2. The van der Waals surface area contributed by atoms with Crippen LogP contribution in [0.15, 0.2) is 73.3 Å². The minimum atomic E-state index is -0.190. The first-order valence-corrected chi connectivity index (χ1v) is 30.0. The lowest BCUT2D eigenvalue weighted by atomic mass is 9.79. The molecule has 0 spiro atoms. The molecule has 8 aromatic carbocycles. The highest BCUT2D eigenvalue weighted by atomic mass is 16.2. The normalized spacial score (nSPS) is 15.4. The van der Waals surface area contributed by atoms with Gasteiger partial charge < -0.3 is 10.2 Å². The molecule has 3 heterocycles. The number of carbonyl (C=O) groups excluding carboxylic acids is 4. The molecule has 0 bridgehead atoms. The number of anilines is 2. The van der Waals surface area contributed by atoms with Crippen molar-refractivity contribution in [3.05, 3.63) is 95.6 Å². The SMILES string of the molecule is C=CCCCC(CCCCCC)N1C(=O)c2ccc3c4ccc5c6ccc7c8c(c(N9CCCC9)cc(c9ccc(c%10cc(NCCCCC)c(c2c3%10)C1=O)c4c59)c86)C(=O)N(C(CCCCCC)CCCCCC)C7=O. The molecular weight excluding hydrogens is 937 g/mol. The largest absolute Gasteiger partial charge is 0.384 e. The van der Waals surface area contributed by atoms with Crippen LogP contribution in [0.5, 0.6) is 0 Å². The molecule has 0 aromatic heterocycles. The third kappa shape index (κ3) is 8.74. The predicted octanol–water partition coefficient (Wildman–Crippen LogP) is 18.0. The summed E-state index contributed by atoms with van der Waals surface area (Å²) in [5.74, 6) is -0.643. The summed E-state index contributed by atoms with van der Waals surface area (Å²) in [5.41, 5.74) is 4.32. The van der Waals surface area contributed by atoms with Crippen LogP contribution in [0.4, 0.5) is 11.4 Å². The highest BCUT2D eigenvalue weighted by Gasteiger charge is 2.42. The van der Waals surface area contributed by atoms with Crippen molar-refractivity contribution in [3.63, 3.8) is 0 Å². The molecule has 0 radical (unpaired) electrons. The molecule has 4 amide bonds. The van der Waals surface area contributed by atoms with Gasteiger partial charge in [-0.05, 0) is 147 Å². The van der Waals surface area contributed by atoms with Gasteiger partial charge in [-0.25, -0.2) is 0 Å². The number of rotatable bonds is 27. The Hall–Kier alpha value is -6.28. The van der Waals surface area contributed by atoms with Crippen molar-refractivity contribution < 1.29 is 19.2 Å². The summed E-state index contributed by atoms with van der Waals surface area (Å²) < 4.78 is 0. The monoisotopic (exact) mass is 1020 g/mol. The number of amides is 4. The Labute approximate surface area is 450 Å². The van der Waals surface area contributed by atoms with E-state index in [1.54, 1.807) is 9.80 Å². The maximum atomic E-state index is 15.6. The maximum Gasteiger partial charge on any atom is 0.263 e. The lowest BCUT2D eigenvalue weighted by Crippen LogP contribution is -2.47. The number of imide groups is 2. The predicted molar refractivity (Wildman–Crippen MR) is 320 cm³/mol. The molecule has 8 heteroatoms. The Balaban J connectivity index is 1.12. The Morgan fingerprint density at radius 2 is 0.868 bits per heavy atom. The van der Waals surface area contributed by atoms with Crippen LogP contribution in [0.1, 0.15) is 217 Å². The number of unbranched alkanes of at least 4 members (excludes halogenated alkanes) is 12. The number of hydrogen-bond acceptors (Lipinski definition) is 6. The Morgan fingerprint density at radius 1 is 0.461 bits per heavy atom. The molecule has 396 valence electrons. The number of nitrogens with one attached hydrogen (secondary N) is 1. The fourth-order valence-electron chi connectivity index (χ4n) is 14.2. The van der Waals surface area contributed by atoms with E-state index in [1.165, 1.54) is 0 Å². The van der Waals surface area contributed by atoms with Crippen LogP contribution in [-0.2, 0) is 0 Å². The maximum absolute atomic E-state index is 15.6. The smallest absolute Gasteiger partial charge is 0.263 e. The quantitative estimate of drug-likeness (QED) is 0.0181. The summed E-state index contributed by atoms with van der Waals surface area (Å²) in [6, 6.07) is 21.6. The van der Waals surface area contributed by atoms with Gasteiger partial charge in [-0.1, -0.05) is 160 Å². The van der Waals surface area contributed by atoms with Crippen molar-refractivity contribution in [1.82, 2.24) is 9.80 Å². The molecule has 0 aliphatic carbocycles. The average molecular weight is 1020 g/mol. The van der Waals surface area contributed by atoms with Crippen LogP contribution >= 0.6 is 0 Å². The first-order valence-electron chi connectivity index (χ1n) is 30.0. The summed E-state index contributed by atoms with van der Waals surface area (Å²) in [6.07, 6.45) is 25.3. The van der Waals surface area contributed by atoms with Gasteiger partial charge in [0.25, 0.3) is 23.6 Å². The van der Waals surface area contributed by atoms with E-state index in [0.717, 1.165) is 254 Å². The molecular formula is C68H80N4O4. The minimum absolute atomic E-state index is 0.124. The second-order valence-corrected chi connectivity index (χ2v) is 22.9. The molecule has 3 aliphatic heterocycles. The minimum Gasteiger partial charge on any atom is -0.384 e. The van der Waals surface area contributed by atoms with Crippen LogP contribution in [-0.4, -0.2) is 65.1 Å². The molecule has 1 atom stereocenters. The standard InChI is InChI=1S/C68H80N4O4/c1-6-11-16-20-27-43(26-19-14-9-4)71-65(73)51-36-34-47-45-30-31-46-48-35-37-52-62-60(48)54(50-33-32-49(57(45)58(46)50)53-41-55(69-38-23-15-10-5)63(67(71)75)61(51)59(47)53)42-56(70-39-24-25-40-70)64(62)68(76)72(66(52)74)44(28-21-17-12-7-2)29-22-18-13-8-3/h9,30-37,41-44,69H,4,6-8,10-29,38-40H2,1-3,5H3. The van der Waals surface area contributed by atoms with Gasteiger partial charge in [0.15, 0.2) is 0 Å². The van der Waals surface area contributed by atoms with Crippen LogP contribution in [0.25, 0.3) is 75.4 Å². The van der Waals surface area contributed by atoms with Crippen LogP contribution in [0.2, 0.25) is 0 Å². The highest BCUT2D eigenvalue weighted by molar-refractivity contribution is 6.46. The van der Waals surface area contributed by atoms with E-state index in [2.05, 4.69) is 93.0 Å².